The quantitative estimate of drug-likeness (QED) is 0.533. The molecule has 0 amide bonds. The van der Waals surface area contributed by atoms with E-state index in [4.69, 9.17) is 15.6 Å². The number of hydrogen-bond acceptors (Lipinski definition) is 7. The summed E-state index contributed by atoms with van der Waals surface area (Å²) in [5, 5.41) is 14.8. The van der Waals surface area contributed by atoms with Crippen molar-refractivity contribution in [2.24, 2.45) is 5.73 Å². The number of imidazole rings is 1. The number of benzene rings is 1. The molecule has 1 unspecified atom stereocenters. The molecule has 9 nitrogen and oxygen atoms in total. The lowest BCUT2D eigenvalue weighted by atomic mass is 9.83. The summed E-state index contributed by atoms with van der Waals surface area (Å²) in [7, 11) is 0. The molecule has 0 bridgehead atoms. The van der Waals surface area contributed by atoms with Crippen LogP contribution in [0, 0.1) is 11.3 Å². The van der Waals surface area contributed by atoms with Gasteiger partial charge < -0.3 is 15.0 Å². The van der Waals surface area contributed by atoms with Gasteiger partial charge in [0.15, 0.2) is 0 Å². The second-order valence-corrected chi connectivity index (χ2v) is 7.72. The predicted octanol–water partition coefficient (Wildman–Crippen LogP) is 3.32. The van der Waals surface area contributed by atoms with Crippen LogP contribution in [-0.4, -0.2) is 29.3 Å². The molecule has 2 N–H and O–H groups in total. The van der Waals surface area contributed by atoms with E-state index in [1.165, 1.54) is 6.33 Å². The molecule has 1 aromatic carbocycles. The molecule has 0 fully saturated rings. The molecule has 0 aliphatic carbocycles. The lowest BCUT2D eigenvalue weighted by Gasteiger charge is -2.25. The number of hydrogen-bond donors (Lipinski definition) is 1. The first-order valence-corrected chi connectivity index (χ1v) is 10.1. The van der Waals surface area contributed by atoms with Crippen LogP contribution in [0.4, 0.5) is 0 Å². The predicted molar refractivity (Wildman–Crippen MR) is 116 cm³/mol. The number of fused-ring (bicyclic) bond motifs is 1. The molecule has 9 heteroatoms. The highest BCUT2D eigenvalue weighted by molar-refractivity contribution is 5.70. The Labute approximate surface area is 184 Å². The third kappa shape index (κ3) is 3.09. The summed E-state index contributed by atoms with van der Waals surface area (Å²) in [6.07, 6.45) is 10.2. The number of allylic oxidation sites excluding steroid dienone is 1. The van der Waals surface area contributed by atoms with E-state index in [0.717, 1.165) is 22.4 Å². The van der Waals surface area contributed by atoms with Crippen LogP contribution in [0.3, 0.4) is 0 Å². The molecule has 0 spiro atoms. The highest BCUT2D eigenvalue weighted by atomic mass is 16.5. The van der Waals surface area contributed by atoms with Crippen LogP contribution < -0.4 is 10.5 Å². The van der Waals surface area contributed by atoms with Crippen molar-refractivity contribution in [2.75, 3.05) is 0 Å². The average molecular weight is 424 g/mol. The van der Waals surface area contributed by atoms with Gasteiger partial charge in [-0.3, -0.25) is 0 Å². The van der Waals surface area contributed by atoms with E-state index in [1.807, 2.05) is 48.9 Å². The fraction of sp³-hybridized carbons (Fsp3) is 0.174. The van der Waals surface area contributed by atoms with Crippen LogP contribution in [0.15, 0.2) is 73.2 Å². The Morgan fingerprint density at radius 3 is 2.50 bits per heavy atom. The standard InChI is InChI=1S/C23H20N8O/c1-14(2)31-23-20(21(29-31)16-10-27-12-28-11-16)19(18(9-24)22(25)32-23)15-3-5-17(6-4-15)30-8-7-26-13-30/h3-8,10-14,19H,25H2,1-2H3. The van der Waals surface area contributed by atoms with Gasteiger partial charge in [0.1, 0.15) is 23.7 Å². The lowest BCUT2D eigenvalue weighted by Crippen LogP contribution is -2.22. The van der Waals surface area contributed by atoms with Gasteiger partial charge in [-0.2, -0.15) is 10.4 Å². The monoisotopic (exact) mass is 424 g/mol. The van der Waals surface area contributed by atoms with Gasteiger partial charge in [-0.1, -0.05) is 12.1 Å². The Balaban J connectivity index is 1.72. The molecule has 1 aliphatic heterocycles. The third-order valence-corrected chi connectivity index (χ3v) is 5.42. The summed E-state index contributed by atoms with van der Waals surface area (Å²) in [4.78, 5) is 12.4. The minimum absolute atomic E-state index is 0.0165. The van der Waals surface area contributed by atoms with E-state index in [-0.39, 0.29) is 11.9 Å². The summed E-state index contributed by atoms with van der Waals surface area (Å²) in [6, 6.07) is 10.2. The van der Waals surface area contributed by atoms with E-state index in [2.05, 4.69) is 21.0 Å². The van der Waals surface area contributed by atoms with E-state index >= 15 is 0 Å². The van der Waals surface area contributed by atoms with Gasteiger partial charge in [0.2, 0.25) is 11.8 Å². The van der Waals surface area contributed by atoms with Gasteiger partial charge in [-0.25, -0.2) is 19.6 Å². The Morgan fingerprint density at radius 2 is 1.88 bits per heavy atom. The summed E-state index contributed by atoms with van der Waals surface area (Å²) in [5.41, 5.74) is 10.6. The lowest BCUT2D eigenvalue weighted by molar-refractivity contribution is 0.334. The zero-order chi connectivity index (χ0) is 22.2. The molecule has 158 valence electrons. The molecule has 3 aromatic heterocycles. The molecule has 5 rings (SSSR count). The second-order valence-electron chi connectivity index (χ2n) is 7.72. The van der Waals surface area contributed by atoms with Crippen molar-refractivity contribution in [3.63, 3.8) is 0 Å². The summed E-state index contributed by atoms with van der Waals surface area (Å²) < 4.78 is 9.64. The van der Waals surface area contributed by atoms with Crippen molar-refractivity contribution in [1.82, 2.24) is 29.3 Å². The number of nitriles is 1. The first-order valence-electron chi connectivity index (χ1n) is 10.1. The van der Waals surface area contributed by atoms with Gasteiger partial charge in [0.25, 0.3) is 0 Å². The molecule has 1 atom stereocenters. The maximum Gasteiger partial charge on any atom is 0.224 e. The van der Waals surface area contributed by atoms with Gasteiger partial charge >= 0.3 is 0 Å². The largest absolute Gasteiger partial charge is 0.422 e. The topological polar surface area (TPSA) is 120 Å². The molecular weight excluding hydrogens is 404 g/mol. The minimum Gasteiger partial charge on any atom is -0.422 e. The highest BCUT2D eigenvalue weighted by Gasteiger charge is 2.37. The summed E-state index contributed by atoms with van der Waals surface area (Å²) in [6.45, 7) is 4.02. The van der Waals surface area contributed by atoms with E-state index in [0.29, 0.717) is 17.1 Å². The molecular formula is C23H20N8O. The zero-order valence-electron chi connectivity index (χ0n) is 17.5. The van der Waals surface area contributed by atoms with Crippen LogP contribution >= 0.6 is 0 Å². The number of nitrogens with zero attached hydrogens (tertiary/aromatic N) is 7. The van der Waals surface area contributed by atoms with Gasteiger partial charge in [0, 0.05) is 36.0 Å². The van der Waals surface area contributed by atoms with Crippen LogP contribution in [0.2, 0.25) is 0 Å². The van der Waals surface area contributed by atoms with Crippen molar-refractivity contribution < 1.29 is 4.74 Å². The number of aromatic nitrogens is 6. The maximum atomic E-state index is 9.97. The van der Waals surface area contributed by atoms with Crippen LogP contribution in [-0.2, 0) is 0 Å². The van der Waals surface area contributed by atoms with Gasteiger partial charge in [0.05, 0.1) is 23.9 Å². The molecule has 0 radical (unpaired) electrons. The fourth-order valence-electron chi connectivity index (χ4n) is 3.93. The van der Waals surface area contributed by atoms with E-state index < -0.39 is 5.92 Å². The summed E-state index contributed by atoms with van der Waals surface area (Å²) in [5.74, 6) is 0.170. The number of ether oxygens (including phenoxy) is 1. The van der Waals surface area contributed by atoms with Crippen molar-refractivity contribution >= 4 is 0 Å². The van der Waals surface area contributed by atoms with Crippen molar-refractivity contribution in [3.05, 3.63) is 84.3 Å². The molecule has 0 saturated carbocycles. The van der Waals surface area contributed by atoms with Crippen molar-refractivity contribution in [2.45, 2.75) is 25.8 Å². The maximum absolute atomic E-state index is 9.97. The normalized spacial score (nSPS) is 15.4. The Hall–Kier alpha value is -4.45. The smallest absolute Gasteiger partial charge is 0.224 e. The molecule has 4 aromatic rings. The number of nitrogens with two attached hydrogens (primary N) is 1. The summed E-state index contributed by atoms with van der Waals surface area (Å²) >= 11 is 0. The van der Waals surface area contributed by atoms with Gasteiger partial charge in [-0.15, -0.1) is 0 Å². The Bertz CT molecular complexity index is 1330. The first-order chi connectivity index (χ1) is 15.6. The zero-order valence-corrected chi connectivity index (χ0v) is 17.5. The van der Waals surface area contributed by atoms with Crippen LogP contribution in [0.5, 0.6) is 5.88 Å². The third-order valence-electron chi connectivity index (χ3n) is 5.42. The van der Waals surface area contributed by atoms with Crippen molar-refractivity contribution in [1.29, 1.82) is 5.26 Å². The highest BCUT2D eigenvalue weighted by Crippen LogP contribution is 2.47. The van der Waals surface area contributed by atoms with Crippen molar-refractivity contribution in [3.8, 4) is 28.9 Å². The SMILES string of the molecule is CC(C)n1nc(-c2cncnc2)c2c1OC(N)=C(C#N)C2c1ccc(-n2ccnc2)cc1. The fourth-order valence-corrected chi connectivity index (χ4v) is 3.93. The van der Waals surface area contributed by atoms with Gasteiger partial charge in [-0.05, 0) is 31.5 Å². The Morgan fingerprint density at radius 1 is 1.12 bits per heavy atom. The van der Waals surface area contributed by atoms with Crippen LogP contribution in [0.1, 0.15) is 36.9 Å². The number of rotatable bonds is 4. The van der Waals surface area contributed by atoms with E-state index in [1.54, 1.807) is 29.6 Å². The molecule has 0 saturated heterocycles. The minimum atomic E-state index is -0.441. The Kier molecular flexibility index (Phi) is 4.67. The molecule has 32 heavy (non-hydrogen) atoms. The first kappa shape index (κ1) is 19.5. The van der Waals surface area contributed by atoms with E-state index in [9.17, 15) is 5.26 Å². The molecule has 4 heterocycles. The van der Waals surface area contributed by atoms with Crippen LogP contribution in [0.25, 0.3) is 16.9 Å². The average Bonchev–Trinajstić information content (AvgIpc) is 3.47. The molecule has 1 aliphatic rings. The second kappa shape index (κ2) is 7.67.